The van der Waals surface area contributed by atoms with Crippen LogP contribution in [0.15, 0.2) is 40.9 Å². The van der Waals surface area contributed by atoms with Crippen molar-refractivity contribution < 1.29 is 22.8 Å². The summed E-state index contributed by atoms with van der Waals surface area (Å²) in [6.07, 6.45) is 0.229. The quantitative estimate of drug-likeness (QED) is 0.336. The Morgan fingerprint density at radius 1 is 1.19 bits per heavy atom. The third kappa shape index (κ3) is 6.74. The number of nitrogen functional groups attached to an aromatic ring is 1. The molecule has 2 aromatic rings. The van der Waals surface area contributed by atoms with E-state index >= 15 is 0 Å². The Morgan fingerprint density at radius 2 is 1.89 bits per heavy atom. The fourth-order valence-corrected chi connectivity index (χ4v) is 6.07. The van der Waals surface area contributed by atoms with Crippen molar-refractivity contribution >= 4 is 39.0 Å². The van der Waals surface area contributed by atoms with Crippen LogP contribution in [0.25, 0.3) is 0 Å². The molecule has 200 valence electrons. The topological polar surface area (TPSA) is 75.4 Å². The van der Waals surface area contributed by atoms with E-state index in [1.54, 1.807) is 6.07 Å². The van der Waals surface area contributed by atoms with Crippen LogP contribution in [-0.2, 0) is 22.2 Å². The van der Waals surface area contributed by atoms with Crippen LogP contribution in [-0.4, -0.2) is 36.2 Å². The summed E-state index contributed by atoms with van der Waals surface area (Å²) in [4.78, 5) is 27.0. The van der Waals surface area contributed by atoms with Crippen molar-refractivity contribution in [3.8, 4) is 0 Å². The van der Waals surface area contributed by atoms with Crippen LogP contribution >= 0.6 is 15.9 Å². The number of carbonyl (C=O) groups excluding carboxylic acids is 2. The molecule has 4 rings (SSSR count). The van der Waals surface area contributed by atoms with Crippen LogP contribution in [0.2, 0.25) is 0 Å². The Hall–Kier alpha value is -2.39. The average molecular weight is 580 g/mol. The molecular formula is C28H33BrF3N3O2. The zero-order valence-electron chi connectivity index (χ0n) is 20.9. The Bertz CT molecular complexity index is 1150. The molecule has 0 spiro atoms. The molecule has 0 radical (unpaired) electrons. The van der Waals surface area contributed by atoms with Gasteiger partial charge >= 0.3 is 6.18 Å². The van der Waals surface area contributed by atoms with E-state index in [9.17, 15) is 22.8 Å². The summed E-state index contributed by atoms with van der Waals surface area (Å²) in [5.74, 6) is 0.205. The second-order valence-electron chi connectivity index (χ2n) is 10.3. The number of nitrogens with zero attached hydrogens (tertiary/aromatic N) is 1. The number of rotatable bonds is 9. The zero-order chi connectivity index (χ0) is 26.7. The van der Waals surface area contributed by atoms with E-state index in [1.165, 1.54) is 6.92 Å². The molecule has 2 aromatic carbocycles. The molecule has 0 saturated carbocycles. The number of likely N-dealkylation sites (tertiary alicyclic amines) is 1. The van der Waals surface area contributed by atoms with Gasteiger partial charge in [-0.15, -0.1) is 0 Å². The molecule has 1 amide bonds. The van der Waals surface area contributed by atoms with Crippen molar-refractivity contribution in [3.05, 3.63) is 57.6 Å². The summed E-state index contributed by atoms with van der Waals surface area (Å²) >= 11 is 3.13. The van der Waals surface area contributed by atoms with E-state index in [-0.39, 0.29) is 40.1 Å². The van der Waals surface area contributed by atoms with Gasteiger partial charge in [0.2, 0.25) is 5.91 Å². The third-order valence-electron chi connectivity index (χ3n) is 7.83. The second-order valence-corrected chi connectivity index (χ2v) is 11.2. The fourth-order valence-electron chi connectivity index (χ4n) is 5.56. The van der Waals surface area contributed by atoms with Crippen LogP contribution in [0, 0.1) is 11.8 Å². The molecule has 0 aromatic heterocycles. The third-order valence-corrected chi connectivity index (χ3v) is 8.48. The van der Waals surface area contributed by atoms with Gasteiger partial charge in [0.15, 0.2) is 0 Å². The number of ketones is 1. The highest BCUT2D eigenvalue weighted by Crippen LogP contribution is 2.39. The van der Waals surface area contributed by atoms with E-state index in [0.717, 1.165) is 62.6 Å². The van der Waals surface area contributed by atoms with E-state index in [2.05, 4.69) is 26.1 Å². The molecule has 3 N–H and O–H groups in total. The monoisotopic (exact) mass is 579 g/mol. The molecule has 2 heterocycles. The lowest BCUT2D eigenvalue weighted by molar-refractivity contribution is -0.137. The van der Waals surface area contributed by atoms with Gasteiger partial charge in [-0.25, -0.2) is 0 Å². The Kier molecular flexibility index (Phi) is 8.63. The summed E-state index contributed by atoms with van der Waals surface area (Å²) in [5, 5.41) is 2.97. The number of para-hydroxylation sites is 1. The minimum atomic E-state index is -4.55. The van der Waals surface area contributed by atoms with Crippen LogP contribution < -0.4 is 11.1 Å². The molecule has 0 aliphatic carbocycles. The number of nitrogens with one attached hydrogen (secondary N) is 1. The van der Waals surface area contributed by atoms with Gasteiger partial charge in [-0.3, -0.25) is 9.59 Å². The first-order valence-corrected chi connectivity index (χ1v) is 13.6. The number of fused-ring (bicyclic) bond motifs is 1. The number of nitrogens with two attached hydrogens (primary N) is 1. The van der Waals surface area contributed by atoms with Crippen LogP contribution in [0.5, 0.6) is 0 Å². The maximum Gasteiger partial charge on any atom is 0.418 e. The van der Waals surface area contributed by atoms with Crippen LogP contribution in [0.3, 0.4) is 0 Å². The summed E-state index contributed by atoms with van der Waals surface area (Å²) in [7, 11) is 0. The summed E-state index contributed by atoms with van der Waals surface area (Å²) in [5.41, 5.74) is 6.87. The van der Waals surface area contributed by atoms with Gasteiger partial charge in [-0.2, -0.15) is 13.2 Å². The number of hydrogen-bond acceptors (Lipinski definition) is 4. The largest absolute Gasteiger partial charge is 0.418 e. The number of alkyl halides is 3. The maximum atomic E-state index is 13.4. The van der Waals surface area contributed by atoms with Gasteiger partial charge in [-0.1, -0.05) is 18.2 Å². The SMILES string of the molecule is CC(=O)[C@H](CCN1CCC(CCC2C(=O)Nc3ccccc32)CC1)Cc1cc(Br)c(N)c(C(F)(F)F)c1. The minimum absolute atomic E-state index is 0.0217. The molecule has 2 atom stereocenters. The lowest BCUT2D eigenvalue weighted by atomic mass is 9.86. The molecule has 5 nitrogen and oxygen atoms in total. The van der Waals surface area contributed by atoms with Crippen molar-refractivity contribution in [1.82, 2.24) is 4.90 Å². The van der Waals surface area contributed by atoms with Gasteiger partial charge < -0.3 is 16.0 Å². The van der Waals surface area contributed by atoms with Gasteiger partial charge in [0, 0.05) is 16.1 Å². The number of benzene rings is 2. The van der Waals surface area contributed by atoms with Gasteiger partial charge in [0.25, 0.3) is 0 Å². The fraction of sp³-hybridized carbons (Fsp3) is 0.500. The minimum Gasteiger partial charge on any atom is -0.397 e. The summed E-state index contributed by atoms with van der Waals surface area (Å²) in [6.45, 7) is 4.09. The molecule has 2 aliphatic heterocycles. The highest BCUT2D eigenvalue weighted by molar-refractivity contribution is 9.10. The van der Waals surface area contributed by atoms with Crippen LogP contribution in [0.4, 0.5) is 24.5 Å². The molecule has 37 heavy (non-hydrogen) atoms. The zero-order valence-corrected chi connectivity index (χ0v) is 22.5. The molecule has 1 saturated heterocycles. The molecular weight excluding hydrogens is 547 g/mol. The number of amides is 1. The van der Waals surface area contributed by atoms with Gasteiger partial charge in [0.1, 0.15) is 5.78 Å². The predicted molar refractivity (Wildman–Crippen MR) is 142 cm³/mol. The van der Waals surface area contributed by atoms with E-state index < -0.39 is 11.7 Å². The van der Waals surface area contributed by atoms with Crippen molar-refractivity contribution in [2.45, 2.75) is 57.5 Å². The smallest absolute Gasteiger partial charge is 0.397 e. The average Bonchev–Trinajstić information content (AvgIpc) is 3.17. The molecule has 9 heteroatoms. The summed E-state index contributed by atoms with van der Waals surface area (Å²) < 4.78 is 40.3. The Labute approximate surface area is 224 Å². The first-order chi connectivity index (χ1) is 17.5. The Morgan fingerprint density at radius 3 is 2.57 bits per heavy atom. The molecule has 1 unspecified atom stereocenters. The summed E-state index contributed by atoms with van der Waals surface area (Å²) in [6, 6.07) is 10.5. The number of hydrogen-bond donors (Lipinski definition) is 2. The normalized spacial score (nSPS) is 19.5. The standard InChI is InChI=1S/C28H33BrF3N3O2/c1-17(36)20(14-19-15-23(28(30,31)32)26(33)24(29)16-19)10-13-35-11-8-18(9-12-35)6-7-22-21-4-2-3-5-25(21)34-27(22)37/h2-5,15-16,18,20,22H,6-14,33H2,1H3,(H,34,37)/t20-,22?/m1/s1. The van der Waals surface area contributed by atoms with Crippen molar-refractivity contribution in [2.24, 2.45) is 11.8 Å². The number of halogens is 4. The van der Waals surface area contributed by atoms with Crippen molar-refractivity contribution in [3.63, 3.8) is 0 Å². The van der Waals surface area contributed by atoms with E-state index in [0.29, 0.717) is 17.9 Å². The van der Waals surface area contributed by atoms with Crippen LogP contribution in [0.1, 0.15) is 61.6 Å². The molecule has 1 fully saturated rings. The lowest BCUT2D eigenvalue weighted by Gasteiger charge is -2.33. The van der Waals surface area contributed by atoms with E-state index in [1.807, 2.05) is 24.3 Å². The highest BCUT2D eigenvalue weighted by Gasteiger charge is 2.35. The van der Waals surface area contributed by atoms with E-state index in [4.69, 9.17) is 5.73 Å². The molecule has 2 aliphatic rings. The molecule has 0 bridgehead atoms. The number of piperidine rings is 1. The Balaban J connectivity index is 1.26. The van der Waals surface area contributed by atoms with Gasteiger partial charge in [0.05, 0.1) is 17.2 Å². The highest BCUT2D eigenvalue weighted by atomic mass is 79.9. The number of carbonyl (C=O) groups is 2. The van der Waals surface area contributed by atoms with Crippen molar-refractivity contribution in [2.75, 3.05) is 30.7 Å². The predicted octanol–water partition coefficient (Wildman–Crippen LogP) is 6.42. The van der Waals surface area contributed by atoms with Crippen molar-refractivity contribution in [1.29, 1.82) is 0 Å². The lowest BCUT2D eigenvalue weighted by Crippen LogP contribution is -2.36. The number of anilines is 2. The number of Topliss-reactive ketones (excluding diaryl/α,β-unsaturated/α-hetero) is 1. The van der Waals surface area contributed by atoms with Gasteiger partial charge in [-0.05, 0) is 116 Å². The first kappa shape index (κ1) is 27.6. The second kappa shape index (κ2) is 11.6. The maximum absolute atomic E-state index is 13.4. The first-order valence-electron chi connectivity index (χ1n) is 12.8.